The van der Waals surface area contributed by atoms with E-state index in [1.807, 2.05) is 90.9 Å². The first-order valence-corrected chi connectivity index (χ1v) is 36.7. The number of carbonyl (C=O) groups is 8. The van der Waals surface area contributed by atoms with E-state index < -0.39 is 72.1 Å². The van der Waals surface area contributed by atoms with Crippen molar-refractivity contribution in [3.05, 3.63) is 101 Å². The van der Waals surface area contributed by atoms with Crippen molar-refractivity contribution in [2.24, 2.45) is 23.7 Å². The summed E-state index contributed by atoms with van der Waals surface area (Å²) in [6, 6.07) is 17.0. The summed E-state index contributed by atoms with van der Waals surface area (Å²) in [4.78, 5) is 129. The lowest BCUT2D eigenvalue weighted by Crippen LogP contribution is -2.59. The van der Waals surface area contributed by atoms with Crippen LogP contribution in [0.2, 0.25) is 0 Å². The molecule has 0 radical (unpaired) electrons. The number of hydroxylamine groups is 1. The predicted molar refractivity (Wildman–Crippen MR) is 388 cm³/mol. The Hall–Kier alpha value is -6.60. The molecule has 0 aliphatic carbocycles. The van der Waals surface area contributed by atoms with Crippen LogP contribution in [-0.4, -0.2) is 222 Å². The van der Waals surface area contributed by atoms with Crippen LogP contribution in [0.3, 0.4) is 0 Å². The number of hydrogen-bond donors (Lipinski definition) is 6. The van der Waals surface area contributed by atoms with Gasteiger partial charge in [-0.2, -0.15) is 0 Å². The van der Waals surface area contributed by atoms with Crippen molar-refractivity contribution in [1.29, 1.82) is 0 Å². The van der Waals surface area contributed by atoms with E-state index in [2.05, 4.69) is 73.9 Å². The third-order valence-corrected chi connectivity index (χ3v) is 18.8. The Labute approximate surface area is 606 Å². The molecule has 554 valence electrons. The molecule has 28 heteroatoms. The molecule has 1 aliphatic rings. The number of anilines is 1. The number of rotatable bonds is 45. The first kappa shape index (κ1) is 84.1. The van der Waals surface area contributed by atoms with Crippen LogP contribution in [0.1, 0.15) is 120 Å². The fourth-order valence-electron chi connectivity index (χ4n) is 12.1. The van der Waals surface area contributed by atoms with Gasteiger partial charge < -0.3 is 64.8 Å². The minimum absolute atomic E-state index is 0.00248. The Bertz CT molecular complexity index is 3220. The number of nitrogens with one attached hydrogen (secondary N) is 6. The number of ether oxygens (including phenoxy) is 6. The van der Waals surface area contributed by atoms with E-state index in [0.29, 0.717) is 111 Å². The van der Waals surface area contributed by atoms with E-state index >= 15 is 0 Å². The molecule has 8 amide bonds. The number of halogens is 2. The maximum Gasteiger partial charge on any atom is 0.266 e. The minimum Gasteiger partial charge on any atom is -0.379 e. The van der Waals surface area contributed by atoms with Crippen LogP contribution >= 0.6 is 31.9 Å². The van der Waals surface area contributed by atoms with Gasteiger partial charge in [0.1, 0.15) is 18.1 Å². The molecule has 6 N–H and O–H groups in total. The quantitative estimate of drug-likeness (QED) is 0.0153. The summed E-state index contributed by atoms with van der Waals surface area (Å²) in [5.41, 5.74) is 7.92. The van der Waals surface area contributed by atoms with Crippen LogP contribution in [0.25, 0.3) is 11.0 Å². The van der Waals surface area contributed by atoms with Crippen LogP contribution in [-0.2, 0) is 90.5 Å². The molecule has 2 heterocycles. The summed E-state index contributed by atoms with van der Waals surface area (Å²) in [5, 5.41) is 15.4. The lowest BCUT2D eigenvalue weighted by atomic mass is 9.89. The fourth-order valence-corrected chi connectivity index (χ4v) is 13.0. The number of amides is 8. The number of alkyl halides is 2. The molecule has 3 aromatic carbocycles. The minimum atomic E-state index is -1.07. The van der Waals surface area contributed by atoms with Gasteiger partial charge in [0.05, 0.1) is 125 Å². The third-order valence-electron chi connectivity index (χ3n) is 17.7. The van der Waals surface area contributed by atoms with Gasteiger partial charge in [-0.1, -0.05) is 129 Å². The molecule has 1 saturated heterocycles. The molecule has 1 aliphatic heterocycles. The summed E-state index contributed by atoms with van der Waals surface area (Å²) in [7, 11) is 8.42. The summed E-state index contributed by atoms with van der Waals surface area (Å²) in [5.74, 6) is -3.97. The van der Waals surface area contributed by atoms with Gasteiger partial charge in [-0.3, -0.25) is 48.1 Å². The van der Waals surface area contributed by atoms with Gasteiger partial charge in [0.15, 0.2) is 0 Å². The van der Waals surface area contributed by atoms with Gasteiger partial charge in [0.2, 0.25) is 35.4 Å². The van der Waals surface area contributed by atoms with Gasteiger partial charge in [0, 0.05) is 69.1 Å². The number of benzene rings is 3. The summed E-state index contributed by atoms with van der Waals surface area (Å²) < 4.78 is 34.4. The average Bonchev–Trinajstić information content (AvgIpc) is 1.31. The van der Waals surface area contributed by atoms with E-state index in [1.165, 1.54) is 14.2 Å². The SMILES string of the molecule is CCC(C)C(C(CC(=O)N1CCCC1C(OC)C(C)C(=O)NC(Cc1ccccc1)C(=O)NOCc1ccc(NC(=O)C(C)NC(=O)CCOCCOCCOCCOCCNC(=O)c2ccc3nc(CBr)c(CBr)nc3c2)cc1)OC)N(C)C(=O)C(NC(=O)C(C(C)C)N(C)C)C(C)C. The molecule has 4 aromatic rings. The zero-order valence-corrected chi connectivity index (χ0v) is 63.6. The van der Waals surface area contributed by atoms with Crippen LogP contribution in [0.15, 0.2) is 72.8 Å². The highest BCUT2D eigenvalue weighted by Crippen LogP contribution is 2.30. The Morgan fingerprint density at radius 3 is 1.87 bits per heavy atom. The Morgan fingerprint density at radius 1 is 0.670 bits per heavy atom. The van der Waals surface area contributed by atoms with E-state index in [4.69, 9.17) is 33.3 Å². The molecular weight excluding hydrogens is 1420 g/mol. The van der Waals surface area contributed by atoms with Gasteiger partial charge in [-0.05, 0) is 93.1 Å². The van der Waals surface area contributed by atoms with Crippen LogP contribution < -0.4 is 32.1 Å². The number of methoxy groups -OCH3 is 2. The van der Waals surface area contributed by atoms with Crippen LogP contribution in [0, 0.1) is 23.7 Å². The standard InChI is InChI=1S/C72H107Br2N11O15/c1-14-47(6)65(84(11)72(93)63(45(2)3)81-71(92)64(46(4)5)83(9)10)60(94-12)41-62(87)85-30-18-21-59(85)66(95-13)48(7)67(88)80-56(39-50-19-16-15-17-20-50)70(91)82-100-44-51-22-25-53(26-23-51)77-68(89)49(8)76-61(86)28-31-96-33-35-98-37-38-99-36-34-97-32-29-75-69(90)52-24-27-54-55(40-52)79-58(43-74)57(42-73)78-54/h15-17,19-20,22-27,40,45-49,56,59-60,63-66H,14,18,21,28-39,41-44H2,1-13H3,(H,75,90)(H,76,86)(H,77,89)(H,80,88)(H,81,92)(H,82,91). The van der Waals surface area contributed by atoms with Crippen molar-refractivity contribution >= 4 is 95.8 Å². The normalized spacial score (nSPS) is 15.9. The second-order valence-electron chi connectivity index (χ2n) is 26.0. The summed E-state index contributed by atoms with van der Waals surface area (Å²) >= 11 is 6.88. The third kappa shape index (κ3) is 26.3. The second kappa shape index (κ2) is 44.0. The lowest BCUT2D eigenvalue weighted by Gasteiger charge is -2.41. The smallest absolute Gasteiger partial charge is 0.266 e. The summed E-state index contributed by atoms with van der Waals surface area (Å²) in [6.07, 6.45) is 0.558. The van der Waals surface area contributed by atoms with Crippen LogP contribution in [0.5, 0.6) is 0 Å². The van der Waals surface area contributed by atoms with Crippen molar-refractivity contribution in [3.63, 3.8) is 0 Å². The number of aromatic nitrogens is 2. The molecule has 0 bridgehead atoms. The number of likely N-dealkylation sites (N-methyl/N-ethyl adjacent to an activating group) is 2. The highest BCUT2D eigenvalue weighted by molar-refractivity contribution is 9.09. The number of hydrogen-bond acceptors (Lipinski definition) is 18. The maximum absolute atomic E-state index is 14.6. The molecule has 10 atom stereocenters. The van der Waals surface area contributed by atoms with E-state index in [0.717, 1.165) is 17.0 Å². The Morgan fingerprint density at radius 2 is 1.29 bits per heavy atom. The number of nitrogens with zero attached hydrogens (tertiary/aromatic N) is 5. The van der Waals surface area contributed by atoms with Crippen molar-refractivity contribution in [2.75, 3.05) is 107 Å². The van der Waals surface area contributed by atoms with E-state index in [-0.39, 0.29) is 86.4 Å². The van der Waals surface area contributed by atoms with E-state index in [9.17, 15) is 38.4 Å². The molecule has 0 spiro atoms. The number of carbonyl (C=O) groups excluding carboxylic acids is 8. The van der Waals surface area contributed by atoms with Gasteiger partial charge in [0.25, 0.3) is 11.8 Å². The molecule has 100 heavy (non-hydrogen) atoms. The molecule has 10 unspecified atom stereocenters. The van der Waals surface area contributed by atoms with Crippen LogP contribution in [0.4, 0.5) is 5.69 Å². The van der Waals surface area contributed by atoms with Crippen molar-refractivity contribution < 1.29 is 71.6 Å². The van der Waals surface area contributed by atoms with Gasteiger partial charge >= 0.3 is 0 Å². The number of likely N-dealkylation sites (tertiary alicyclic amines) is 1. The fraction of sp³-hybridized carbons (Fsp3) is 0.611. The molecular formula is C72H107Br2N11O15. The summed E-state index contributed by atoms with van der Waals surface area (Å²) in [6.45, 7) is 18.1. The predicted octanol–water partition coefficient (Wildman–Crippen LogP) is 6.67. The molecule has 5 rings (SSSR count). The lowest BCUT2D eigenvalue weighted by molar-refractivity contribution is -0.148. The first-order valence-electron chi connectivity index (χ1n) is 34.4. The molecule has 1 fully saturated rings. The van der Waals surface area contributed by atoms with Gasteiger partial charge in [-0.25, -0.2) is 15.4 Å². The van der Waals surface area contributed by atoms with E-state index in [1.54, 1.807) is 73.2 Å². The van der Waals surface area contributed by atoms with Crippen molar-refractivity contribution in [2.45, 2.75) is 160 Å². The Kier molecular flexibility index (Phi) is 37.0. The molecule has 0 saturated carbocycles. The zero-order valence-electron chi connectivity index (χ0n) is 60.4. The monoisotopic (exact) mass is 1520 g/mol. The zero-order chi connectivity index (χ0) is 73.4. The first-order chi connectivity index (χ1) is 47.9. The van der Waals surface area contributed by atoms with Crippen molar-refractivity contribution in [1.82, 2.24) is 51.4 Å². The van der Waals surface area contributed by atoms with Crippen molar-refractivity contribution in [3.8, 4) is 0 Å². The largest absolute Gasteiger partial charge is 0.379 e. The average molecular weight is 1530 g/mol. The highest BCUT2D eigenvalue weighted by atomic mass is 79.9. The maximum atomic E-state index is 14.6. The van der Waals surface area contributed by atoms with Gasteiger partial charge in [-0.15, -0.1) is 0 Å². The highest BCUT2D eigenvalue weighted by Gasteiger charge is 2.44. The Balaban J connectivity index is 1.00. The molecule has 1 aromatic heterocycles. The topological polar surface area (TPSA) is 309 Å². The number of fused-ring (bicyclic) bond motifs is 1. The second-order valence-corrected chi connectivity index (χ2v) is 27.1. The molecule has 26 nitrogen and oxygen atoms in total.